The second-order valence-corrected chi connectivity index (χ2v) is 4.28. The molecule has 13 heavy (non-hydrogen) atoms. The standard InChI is InChI=1S/C11H14OS/c1-8-4-5-9(2)11(6-8)13-7-10(3)12/h4-6H,7H2,1-3H3. The Balaban J connectivity index is 2.75. The van der Waals surface area contributed by atoms with Crippen molar-refractivity contribution in [1.29, 1.82) is 0 Å². The van der Waals surface area contributed by atoms with E-state index in [1.54, 1.807) is 18.7 Å². The summed E-state index contributed by atoms with van der Waals surface area (Å²) in [4.78, 5) is 12.0. The van der Waals surface area contributed by atoms with Crippen molar-refractivity contribution in [2.45, 2.75) is 25.7 Å². The quantitative estimate of drug-likeness (QED) is 0.688. The van der Waals surface area contributed by atoms with Crippen LogP contribution < -0.4 is 0 Å². The zero-order chi connectivity index (χ0) is 9.84. The second kappa shape index (κ2) is 4.47. The van der Waals surface area contributed by atoms with Crippen LogP contribution in [-0.2, 0) is 4.79 Å². The lowest BCUT2D eigenvalue weighted by Gasteiger charge is -2.04. The Kier molecular flexibility index (Phi) is 3.55. The van der Waals surface area contributed by atoms with Crippen molar-refractivity contribution in [1.82, 2.24) is 0 Å². The first-order valence-corrected chi connectivity index (χ1v) is 5.27. The minimum atomic E-state index is 0.228. The van der Waals surface area contributed by atoms with Gasteiger partial charge in [-0.15, -0.1) is 11.8 Å². The second-order valence-electron chi connectivity index (χ2n) is 3.26. The van der Waals surface area contributed by atoms with Crippen molar-refractivity contribution in [3.05, 3.63) is 29.3 Å². The monoisotopic (exact) mass is 194 g/mol. The van der Waals surface area contributed by atoms with Gasteiger partial charge < -0.3 is 0 Å². The van der Waals surface area contributed by atoms with Crippen LogP contribution >= 0.6 is 11.8 Å². The van der Waals surface area contributed by atoms with E-state index in [4.69, 9.17) is 0 Å². The molecule has 0 radical (unpaired) electrons. The molecule has 2 heteroatoms. The molecule has 0 saturated carbocycles. The number of rotatable bonds is 3. The smallest absolute Gasteiger partial charge is 0.140 e. The van der Waals surface area contributed by atoms with Gasteiger partial charge in [0.05, 0.1) is 5.75 Å². The Morgan fingerprint density at radius 1 is 1.38 bits per heavy atom. The molecule has 1 aromatic carbocycles. The normalized spacial score (nSPS) is 10.1. The number of ketones is 1. The Morgan fingerprint density at radius 2 is 2.08 bits per heavy atom. The van der Waals surface area contributed by atoms with Crippen LogP contribution in [0.5, 0.6) is 0 Å². The molecule has 0 amide bonds. The lowest BCUT2D eigenvalue weighted by atomic mass is 10.2. The molecule has 0 unspecified atom stereocenters. The van der Waals surface area contributed by atoms with Crippen LogP contribution in [0.3, 0.4) is 0 Å². The summed E-state index contributed by atoms with van der Waals surface area (Å²) in [5.41, 5.74) is 2.49. The van der Waals surface area contributed by atoms with Crippen LogP contribution in [0.25, 0.3) is 0 Å². The van der Waals surface area contributed by atoms with Gasteiger partial charge in [-0.05, 0) is 32.4 Å². The topological polar surface area (TPSA) is 17.1 Å². The fourth-order valence-electron chi connectivity index (χ4n) is 1.04. The van der Waals surface area contributed by atoms with E-state index in [-0.39, 0.29) is 5.78 Å². The molecular formula is C11H14OS. The predicted octanol–water partition coefficient (Wildman–Crippen LogP) is 2.98. The molecule has 0 atom stereocenters. The lowest BCUT2D eigenvalue weighted by Crippen LogP contribution is -1.93. The molecule has 1 nitrogen and oxygen atoms in total. The maximum atomic E-state index is 10.8. The molecule has 0 heterocycles. The number of hydrogen-bond donors (Lipinski definition) is 0. The maximum Gasteiger partial charge on any atom is 0.140 e. The molecule has 0 aromatic heterocycles. The zero-order valence-corrected chi connectivity index (χ0v) is 9.07. The molecule has 1 rings (SSSR count). The van der Waals surface area contributed by atoms with E-state index in [0.29, 0.717) is 5.75 Å². The van der Waals surface area contributed by atoms with Crippen LogP contribution in [0.2, 0.25) is 0 Å². The van der Waals surface area contributed by atoms with Gasteiger partial charge in [0.2, 0.25) is 0 Å². The first kappa shape index (κ1) is 10.3. The van der Waals surface area contributed by atoms with Crippen molar-refractivity contribution < 1.29 is 4.79 Å². The number of aryl methyl sites for hydroxylation is 2. The first-order valence-electron chi connectivity index (χ1n) is 4.29. The van der Waals surface area contributed by atoms with Crippen LogP contribution in [0, 0.1) is 13.8 Å². The average Bonchev–Trinajstić information content (AvgIpc) is 2.06. The van der Waals surface area contributed by atoms with Crippen molar-refractivity contribution in [2.75, 3.05) is 5.75 Å². The predicted molar refractivity (Wildman–Crippen MR) is 57.3 cm³/mol. The number of carbonyl (C=O) groups is 1. The molecule has 0 bridgehead atoms. The number of hydrogen-bond acceptors (Lipinski definition) is 2. The van der Waals surface area contributed by atoms with Gasteiger partial charge in [-0.1, -0.05) is 17.7 Å². The van der Waals surface area contributed by atoms with Gasteiger partial charge in [-0.2, -0.15) is 0 Å². The van der Waals surface area contributed by atoms with Gasteiger partial charge in [0.15, 0.2) is 0 Å². The largest absolute Gasteiger partial charge is 0.299 e. The van der Waals surface area contributed by atoms with E-state index in [1.807, 2.05) is 0 Å². The fraction of sp³-hybridized carbons (Fsp3) is 0.364. The van der Waals surface area contributed by atoms with E-state index in [1.165, 1.54) is 16.0 Å². The Morgan fingerprint density at radius 3 is 2.69 bits per heavy atom. The van der Waals surface area contributed by atoms with Gasteiger partial charge in [-0.25, -0.2) is 0 Å². The molecule has 70 valence electrons. The van der Waals surface area contributed by atoms with Crippen LogP contribution in [0.15, 0.2) is 23.1 Å². The summed E-state index contributed by atoms with van der Waals surface area (Å²) >= 11 is 1.62. The molecule has 0 aliphatic carbocycles. The maximum absolute atomic E-state index is 10.8. The summed E-state index contributed by atoms with van der Waals surface area (Å²) in [6.45, 7) is 5.76. The number of thioether (sulfide) groups is 1. The van der Waals surface area contributed by atoms with Gasteiger partial charge in [0.1, 0.15) is 5.78 Å². The third kappa shape index (κ3) is 3.23. The third-order valence-electron chi connectivity index (χ3n) is 1.77. The summed E-state index contributed by atoms with van der Waals surface area (Å²) in [5.74, 6) is 0.801. The van der Waals surface area contributed by atoms with E-state index in [0.717, 1.165) is 0 Å². The van der Waals surface area contributed by atoms with Crippen LogP contribution in [-0.4, -0.2) is 11.5 Å². The Hall–Kier alpha value is -0.760. The van der Waals surface area contributed by atoms with Crippen molar-refractivity contribution in [3.8, 4) is 0 Å². The summed E-state index contributed by atoms with van der Waals surface area (Å²) < 4.78 is 0. The minimum absolute atomic E-state index is 0.228. The molecule has 0 aliphatic heterocycles. The highest BCUT2D eigenvalue weighted by atomic mass is 32.2. The molecular weight excluding hydrogens is 180 g/mol. The summed E-state index contributed by atoms with van der Waals surface area (Å²) in [5, 5.41) is 0. The molecule has 0 fully saturated rings. The van der Waals surface area contributed by atoms with Gasteiger partial charge in [-0.3, -0.25) is 4.79 Å². The molecule has 0 N–H and O–H groups in total. The molecule has 0 aliphatic rings. The Labute approximate surface area is 83.5 Å². The number of Topliss-reactive ketones (excluding diaryl/α,β-unsaturated/α-hetero) is 1. The highest BCUT2D eigenvalue weighted by Crippen LogP contribution is 2.23. The van der Waals surface area contributed by atoms with Gasteiger partial charge >= 0.3 is 0 Å². The van der Waals surface area contributed by atoms with E-state index >= 15 is 0 Å². The Bertz CT molecular complexity index is 318. The summed E-state index contributed by atoms with van der Waals surface area (Å²) in [6.07, 6.45) is 0. The van der Waals surface area contributed by atoms with E-state index in [2.05, 4.69) is 32.0 Å². The minimum Gasteiger partial charge on any atom is -0.299 e. The number of carbonyl (C=O) groups excluding carboxylic acids is 1. The SMILES string of the molecule is CC(=O)CSc1cc(C)ccc1C. The van der Waals surface area contributed by atoms with Gasteiger partial charge in [0.25, 0.3) is 0 Å². The summed E-state index contributed by atoms with van der Waals surface area (Å²) in [7, 11) is 0. The van der Waals surface area contributed by atoms with Crippen molar-refractivity contribution in [2.24, 2.45) is 0 Å². The molecule has 0 spiro atoms. The van der Waals surface area contributed by atoms with Crippen molar-refractivity contribution >= 4 is 17.5 Å². The highest BCUT2D eigenvalue weighted by molar-refractivity contribution is 8.00. The lowest BCUT2D eigenvalue weighted by molar-refractivity contribution is -0.114. The third-order valence-corrected chi connectivity index (χ3v) is 3.08. The van der Waals surface area contributed by atoms with Crippen LogP contribution in [0.4, 0.5) is 0 Å². The number of benzene rings is 1. The fourth-order valence-corrected chi connectivity index (χ4v) is 1.97. The van der Waals surface area contributed by atoms with Gasteiger partial charge in [0, 0.05) is 4.90 Å². The molecule has 0 saturated heterocycles. The first-order chi connectivity index (χ1) is 6.09. The molecule has 1 aromatic rings. The average molecular weight is 194 g/mol. The van der Waals surface area contributed by atoms with Crippen LogP contribution in [0.1, 0.15) is 18.1 Å². The van der Waals surface area contributed by atoms with E-state index < -0.39 is 0 Å². The van der Waals surface area contributed by atoms with Crippen molar-refractivity contribution in [3.63, 3.8) is 0 Å². The highest BCUT2D eigenvalue weighted by Gasteiger charge is 2.00. The van der Waals surface area contributed by atoms with E-state index in [9.17, 15) is 4.79 Å². The zero-order valence-electron chi connectivity index (χ0n) is 8.26. The summed E-state index contributed by atoms with van der Waals surface area (Å²) in [6, 6.07) is 6.31.